The number of piperazine rings is 1. The van der Waals surface area contributed by atoms with Crippen molar-refractivity contribution in [2.24, 2.45) is 5.92 Å². The van der Waals surface area contributed by atoms with Gasteiger partial charge in [-0.15, -0.1) is 0 Å². The van der Waals surface area contributed by atoms with Crippen molar-refractivity contribution in [3.63, 3.8) is 0 Å². The van der Waals surface area contributed by atoms with Gasteiger partial charge in [0.05, 0.1) is 22.4 Å². The first-order valence-corrected chi connectivity index (χ1v) is 14.4. The fourth-order valence-corrected chi connectivity index (χ4v) is 6.78. The van der Waals surface area contributed by atoms with Crippen molar-refractivity contribution in [2.75, 3.05) is 39.3 Å². The van der Waals surface area contributed by atoms with Gasteiger partial charge in [-0.25, -0.2) is 8.42 Å². The molecule has 0 radical (unpaired) electrons. The minimum absolute atomic E-state index is 0.0700. The Bertz CT molecular complexity index is 1360. The van der Waals surface area contributed by atoms with E-state index in [9.17, 15) is 13.2 Å². The van der Waals surface area contributed by atoms with Crippen molar-refractivity contribution in [1.29, 1.82) is 0 Å². The number of likely N-dealkylation sites (tertiary alicyclic amines) is 1. The number of halogens is 2. The number of benzene rings is 2. The van der Waals surface area contributed by atoms with Gasteiger partial charge in [-0.3, -0.25) is 9.69 Å². The van der Waals surface area contributed by atoms with Gasteiger partial charge in [0.15, 0.2) is 0 Å². The summed E-state index contributed by atoms with van der Waals surface area (Å²) in [6, 6.07) is 13.5. The molecule has 2 aliphatic heterocycles. The average Bonchev–Trinajstić information content (AvgIpc) is 3.37. The Labute approximate surface area is 226 Å². The topological polar surface area (TPSA) is 99.8 Å². The van der Waals surface area contributed by atoms with Crippen LogP contribution in [0.5, 0.6) is 0 Å². The number of nitrogens with zero attached hydrogens (tertiary/aromatic N) is 5. The van der Waals surface area contributed by atoms with Crippen molar-refractivity contribution < 1.29 is 17.7 Å². The number of rotatable bonds is 6. The second kappa shape index (κ2) is 11.1. The lowest BCUT2D eigenvalue weighted by molar-refractivity contribution is -0.138. The van der Waals surface area contributed by atoms with Crippen LogP contribution < -0.4 is 0 Å². The van der Waals surface area contributed by atoms with E-state index in [0.717, 1.165) is 19.4 Å². The number of carbonyl (C=O) groups is 1. The summed E-state index contributed by atoms with van der Waals surface area (Å²) in [6.45, 7) is 3.19. The first-order valence-electron chi connectivity index (χ1n) is 12.2. The summed E-state index contributed by atoms with van der Waals surface area (Å²) in [5.41, 5.74) is 0.640. The minimum atomic E-state index is -3.55. The van der Waals surface area contributed by atoms with E-state index in [4.69, 9.17) is 27.7 Å². The molecule has 1 aromatic heterocycles. The average molecular weight is 564 g/mol. The fourth-order valence-electron chi connectivity index (χ4n) is 4.84. The van der Waals surface area contributed by atoms with Crippen LogP contribution in [0.3, 0.4) is 0 Å². The van der Waals surface area contributed by atoms with Gasteiger partial charge in [0.2, 0.25) is 27.6 Å². The van der Waals surface area contributed by atoms with Crippen LogP contribution in [0.2, 0.25) is 10.0 Å². The van der Waals surface area contributed by atoms with E-state index in [-0.39, 0.29) is 29.8 Å². The predicted octanol–water partition coefficient (Wildman–Crippen LogP) is 3.79. The number of hydrogen-bond acceptors (Lipinski definition) is 7. The lowest BCUT2D eigenvalue weighted by Crippen LogP contribution is -2.53. The summed E-state index contributed by atoms with van der Waals surface area (Å²) < 4.78 is 32.7. The Morgan fingerprint density at radius 2 is 1.78 bits per heavy atom. The van der Waals surface area contributed by atoms with Crippen LogP contribution in [-0.4, -0.2) is 77.8 Å². The molecule has 12 heteroatoms. The molecule has 5 rings (SSSR count). The second-order valence-corrected chi connectivity index (χ2v) is 12.0. The highest BCUT2D eigenvalue weighted by atomic mass is 35.5. The van der Waals surface area contributed by atoms with Crippen molar-refractivity contribution in [3.8, 4) is 11.4 Å². The summed E-state index contributed by atoms with van der Waals surface area (Å²) in [7, 11) is -3.55. The molecule has 0 spiro atoms. The van der Waals surface area contributed by atoms with E-state index < -0.39 is 10.0 Å². The van der Waals surface area contributed by atoms with Crippen LogP contribution in [-0.2, 0) is 21.4 Å². The Morgan fingerprint density at radius 1 is 1.03 bits per heavy atom. The van der Waals surface area contributed by atoms with E-state index >= 15 is 0 Å². The van der Waals surface area contributed by atoms with Gasteiger partial charge in [0.1, 0.15) is 0 Å². The number of hydrogen-bond donors (Lipinski definition) is 0. The van der Waals surface area contributed by atoms with Gasteiger partial charge in [-0.05, 0) is 49.7 Å². The van der Waals surface area contributed by atoms with Crippen LogP contribution in [0.4, 0.5) is 0 Å². The molecule has 0 aliphatic carbocycles. The number of carbonyl (C=O) groups excluding carboxylic acids is 1. The summed E-state index contributed by atoms with van der Waals surface area (Å²) in [5.74, 6) is 0.762. The number of amides is 1. The third kappa shape index (κ3) is 5.83. The molecule has 2 saturated heterocycles. The lowest BCUT2D eigenvalue weighted by Gasteiger charge is -2.38. The Morgan fingerprint density at radius 3 is 2.51 bits per heavy atom. The smallest absolute Gasteiger partial charge is 0.243 e. The quantitative estimate of drug-likeness (QED) is 0.449. The van der Waals surface area contributed by atoms with Gasteiger partial charge >= 0.3 is 0 Å². The van der Waals surface area contributed by atoms with Gasteiger partial charge in [-0.1, -0.05) is 46.6 Å². The van der Waals surface area contributed by atoms with Crippen molar-refractivity contribution in [3.05, 3.63) is 64.5 Å². The predicted molar refractivity (Wildman–Crippen MR) is 140 cm³/mol. The molecule has 1 amide bonds. The van der Waals surface area contributed by atoms with Gasteiger partial charge < -0.3 is 9.42 Å². The maximum absolute atomic E-state index is 13.3. The van der Waals surface area contributed by atoms with Gasteiger partial charge in [0, 0.05) is 43.3 Å². The van der Waals surface area contributed by atoms with E-state index in [0.29, 0.717) is 53.5 Å². The summed E-state index contributed by atoms with van der Waals surface area (Å²) in [6.07, 6.45) is 1.68. The highest BCUT2D eigenvalue weighted by Gasteiger charge is 2.34. The van der Waals surface area contributed by atoms with Crippen molar-refractivity contribution >= 4 is 39.1 Å². The van der Waals surface area contributed by atoms with Crippen molar-refractivity contribution in [2.45, 2.75) is 24.3 Å². The normalized spacial score (nSPS) is 19.7. The van der Waals surface area contributed by atoms with Crippen LogP contribution >= 0.6 is 23.2 Å². The second-order valence-electron chi connectivity index (χ2n) is 9.25. The molecule has 0 bridgehead atoms. The van der Waals surface area contributed by atoms with E-state index in [2.05, 4.69) is 15.0 Å². The molecule has 3 aromatic rings. The first kappa shape index (κ1) is 26.1. The zero-order valence-electron chi connectivity index (χ0n) is 20.1. The van der Waals surface area contributed by atoms with Gasteiger partial charge in [-0.2, -0.15) is 9.29 Å². The molecular formula is C25H27Cl2N5O4S. The molecule has 1 unspecified atom stereocenters. The molecule has 37 heavy (non-hydrogen) atoms. The lowest BCUT2D eigenvalue weighted by atomic mass is 9.96. The van der Waals surface area contributed by atoms with Crippen LogP contribution in [0, 0.1) is 5.92 Å². The molecule has 196 valence electrons. The molecule has 1 atom stereocenters. The molecule has 2 aromatic carbocycles. The van der Waals surface area contributed by atoms with Crippen molar-refractivity contribution in [1.82, 2.24) is 24.2 Å². The zero-order valence-corrected chi connectivity index (χ0v) is 22.4. The Balaban J connectivity index is 1.16. The summed E-state index contributed by atoms with van der Waals surface area (Å²) in [4.78, 5) is 22.0. The van der Waals surface area contributed by atoms with Gasteiger partial charge in [0.25, 0.3) is 0 Å². The summed E-state index contributed by atoms with van der Waals surface area (Å²) in [5, 5.41) is 5.02. The molecule has 0 saturated carbocycles. The Kier molecular flexibility index (Phi) is 7.83. The highest BCUT2D eigenvalue weighted by molar-refractivity contribution is 7.89. The largest absolute Gasteiger partial charge is 0.340 e. The molecule has 2 fully saturated rings. The maximum Gasteiger partial charge on any atom is 0.243 e. The first-order chi connectivity index (χ1) is 17.8. The molecule has 2 aliphatic rings. The maximum atomic E-state index is 13.3. The fraction of sp³-hybridized carbons (Fsp3) is 0.400. The summed E-state index contributed by atoms with van der Waals surface area (Å²) >= 11 is 12.2. The Hall–Kier alpha value is -2.50. The molecule has 0 N–H and O–H groups in total. The standard InChI is InChI=1S/C25H27Cl2N5O4S/c26-19-8-9-21(22(27)15-19)24-28-23(36-29-24)17-30-10-4-5-18(16-30)25(33)31-11-13-32(14-12-31)37(34,35)20-6-2-1-3-7-20/h1-3,6-9,15,18H,4-5,10-14,16-17H2. The molecule has 3 heterocycles. The third-order valence-electron chi connectivity index (χ3n) is 6.79. The van der Waals surface area contributed by atoms with E-state index in [1.54, 1.807) is 53.4 Å². The SMILES string of the molecule is O=C(C1CCCN(Cc2nc(-c3ccc(Cl)cc3Cl)no2)C1)N1CCN(S(=O)(=O)c2ccccc2)CC1. The van der Waals surface area contributed by atoms with Crippen LogP contribution in [0.1, 0.15) is 18.7 Å². The van der Waals surface area contributed by atoms with Crippen LogP contribution in [0.25, 0.3) is 11.4 Å². The number of piperidine rings is 1. The molecule has 9 nitrogen and oxygen atoms in total. The minimum Gasteiger partial charge on any atom is -0.340 e. The number of aromatic nitrogens is 2. The van der Waals surface area contributed by atoms with E-state index in [1.807, 2.05) is 0 Å². The zero-order chi connectivity index (χ0) is 26.0. The molecular weight excluding hydrogens is 537 g/mol. The monoisotopic (exact) mass is 563 g/mol. The highest BCUT2D eigenvalue weighted by Crippen LogP contribution is 2.29. The third-order valence-corrected chi connectivity index (χ3v) is 9.25. The van der Waals surface area contributed by atoms with E-state index in [1.165, 1.54) is 4.31 Å². The van der Waals surface area contributed by atoms with Crippen LogP contribution in [0.15, 0.2) is 57.9 Å². The number of sulfonamides is 1.